The van der Waals surface area contributed by atoms with Gasteiger partial charge in [0, 0.05) is 11.9 Å². The van der Waals surface area contributed by atoms with E-state index in [1.807, 2.05) is 30.3 Å². The molecule has 124 valence electrons. The fraction of sp³-hybridized carbons (Fsp3) is 0.0625. The van der Waals surface area contributed by atoms with Crippen LogP contribution in [-0.4, -0.2) is 14.2 Å². The van der Waals surface area contributed by atoms with Crippen LogP contribution in [0.4, 0.5) is 18.9 Å². The molecule has 8 heteroatoms. The van der Waals surface area contributed by atoms with Crippen molar-refractivity contribution in [2.75, 3.05) is 4.72 Å². The van der Waals surface area contributed by atoms with Crippen LogP contribution in [0.5, 0.6) is 0 Å². The van der Waals surface area contributed by atoms with Gasteiger partial charge in [0.1, 0.15) is 5.69 Å². The molecule has 1 unspecified atom stereocenters. The van der Waals surface area contributed by atoms with Gasteiger partial charge in [0.25, 0.3) is 0 Å². The fourth-order valence-corrected chi connectivity index (χ4v) is 2.90. The Morgan fingerprint density at radius 1 is 1.08 bits per heavy atom. The van der Waals surface area contributed by atoms with Gasteiger partial charge in [-0.1, -0.05) is 30.3 Å². The summed E-state index contributed by atoms with van der Waals surface area (Å²) in [6, 6.07) is 13.2. The second kappa shape index (κ2) is 6.48. The second-order valence-corrected chi connectivity index (χ2v) is 6.13. The Kier molecular flexibility index (Phi) is 4.39. The van der Waals surface area contributed by atoms with E-state index in [1.54, 1.807) is 12.3 Å². The number of rotatable bonds is 4. The monoisotopic (exact) mass is 351 g/mol. The minimum absolute atomic E-state index is 0.240. The molecule has 0 radical (unpaired) electrons. The average Bonchev–Trinajstić information content (AvgIpc) is 3.05. The number of alkyl halides is 3. The maximum Gasteiger partial charge on any atom is 0.433 e. The third-order valence-electron chi connectivity index (χ3n) is 3.22. The largest absolute Gasteiger partial charge is 0.433 e. The van der Waals surface area contributed by atoms with Gasteiger partial charge in [0.05, 0.1) is 16.8 Å². The van der Waals surface area contributed by atoms with Gasteiger partial charge in [-0.25, -0.2) is 9.19 Å². The van der Waals surface area contributed by atoms with Crippen LogP contribution in [0.15, 0.2) is 65.8 Å². The van der Waals surface area contributed by atoms with Gasteiger partial charge in [0.2, 0.25) is 0 Å². The van der Waals surface area contributed by atoms with Crippen LogP contribution in [0.3, 0.4) is 0 Å². The van der Waals surface area contributed by atoms with E-state index in [0.29, 0.717) is 4.90 Å². The molecule has 0 aliphatic heterocycles. The lowest BCUT2D eigenvalue weighted by molar-refractivity contribution is -0.141. The molecule has 1 aromatic carbocycles. The maximum atomic E-state index is 12.5. The summed E-state index contributed by atoms with van der Waals surface area (Å²) in [5, 5.41) is 0. The van der Waals surface area contributed by atoms with E-state index in [-0.39, 0.29) is 5.69 Å². The zero-order valence-electron chi connectivity index (χ0n) is 12.2. The Balaban J connectivity index is 1.73. The topological polar surface area (TPSA) is 57.8 Å². The van der Waals surface area contributed by atoms with E-state index in [4.69, 9.17) is 0 Å². The van der Waals surface area contributed by atoms with Crippen LogP contribution in [-0.2, 0) is 17.2 Å². The van der Waals surface area contributed by atoms with Gasteiger partial charge in [-0.2, -0.15) is 13.2 Å². The Hall–Kier alpha value is -2.61. The number of nitrogens with one attached hydrogen (secondary N) is 2. The normalized spacial score (nSPS) is 12.8. The first-order valence-electron chi connectivity index (χ1n) is 6.89. The zero-order chi connectivity index (χ0) is 17.2. The number of halogens is 3. The van der Waals surface area contributed by atoms with Crippen molar-refractivity contribution in [2.24, 2.45) is 0 Å². The van der Waals surface area contributed by atoms with Gasteiger partial charge >= 0.3 is 6.18 Å². The molecule has 4 nitrogen and oxygen atoms in total. The molecule has 2 heterocycles. The molecule has 0 saturated carbocycles. The minimum atomic E-state index is -4.50. The van der Waals surface area contributed by atoms with Crippen molar-refractivity contribution >= 4 is 16.7 Å². The summed E-state index contributed by atoms with van der Waals surface area (Å²) in [5.74, 6) is 0. The highest BCUT2D eigenvalue weighted by Crippen LogP contribution is 2.28. The van der Waals surface area contributed by atoms with Crippen LogP contribution >= 0.6 is 0 Å². The SMILES string of the molecule is O=S(Nc1ccc(C(F)(F)F)nc1)c1c[nH]c(-c2ccccc2)c1. The van der Waals surface area contributed by atoms with E-state index in [2.05, 4.69) is 14.7 Å². The summed E-state index contributed by atoms with van der Waals surface area (Å²) in [5.41, 5.74) is 0.985. The van der Waals surface area contributed by atoms with Crippen LogP contribution in [0, 0.1) is 0 Å². The molecule has 0 fully saturated rings. The second-order valence-electron chi connectivity index (χ2n) is 4.92. The predicted octanol–water partition coefficient (Wildman–Crippen LogP) is 4.23. The molecule has 0 amide bonds. The number of aromatic amines is 1. The molecule has 3 rings (SSSR count). The number of pyridine rings is 1. The van der Waals surface area contributed by atoms with Crippen LogP contribution in [0.1, 0.15) is 5.69 Å². The lowest BCUT2D eigenvalue weighted by Gasteiger charge is -2.07. The van der Waals surface area contributed by atoms with Crippen molar-refractivity contribution < 1.29 is 17.4 Å². The van der Waals surface area contributed by atoms with Crippen molar-refractivity contribution in [2.45, 2.75) is 11.1 Å². The summed E-state index contributed by atoms with van der Waals surface area (Å²) in [4.78, 5) is 6.82. The quantitative estimate of drug-likeness (QED) is 0.739. The third-order valence-corrected chi connectivity index (χ3v) is 4.30. The summed E-state index contributed by atoms with van der Waals surface area (Å²) >= 11 is 0. The standard InChI is InChI=1S/C16H12F3N3OS/c17-16(18,19)15-7-6-12(9-21-15)22-24(23)13-8-14(20-10-13)11-4-2-1-3-5-11/h1-10,20,22H. The molecule has 0 bridgehead atoms. The lowest BCUT2D eigenvalue weighted by Crippen LogP contribution is -2.09. The predicted molar refractivity (Wildman–Crippen MR) is 85.5 cm³/mol. The van der Waals surface area contributed by atoms with E-state index >= 15 is 0 Å². The van der Waals surface area contributed by atoms with Crippen molar-refractivity contribution in [3.63, 3.8) is 0 Å². The Labute approximate surface area is 138 Å². The van der Waals surface area contributed by atoms with Gasteiger partial charge in [-0.15, -0.1) is 0 Å². The van der Waals surface area contributed by atoms with E-state index in [0.717, 1.165) is 23.5 Å². The molecule has 0 aliphatic carbocycles. The van der Waals surface area contributed by atoms with Gasteiger partial charge in [-0.05, 0) is 23.8 Å². The molecular formula is C16H12F3N3OS. The van der Waals surface area contributed by atoms with Gasteiger partial charge < -0.3 is 4.98 Å². The molecule has 3 aromatic rings. The number of hydrogen-bond acceptors (Lipinski definition) is 2. The van der Waals surface area contributed by atoms with Crippen LogP contribution < -0.4 is 4.72 Å². The summed E-state index contributed by atoms with van der Waals surface area (Å²) in [6.07, 6.45) is -1.91. The molecular weight excluding hydrogens is 339 g/mol. The molecule has 0 saturated heterocycles. The van der Waals surface area contributed by atoms with Crippen molar-refractivity contribution in [1.29, 1.82) is 0 Å². The highest BCUT2D eigenvalue weighted by molar-refractivity contribution is 7.86. The fourth-order valence-electron chi connectivity index (χ4n) is 2.05. The summed E-state index contributed by atoms with van der Waals surface area (Å²) in [7, 11) is -1.62. The number of benzene rings is 1. The minimum Gasteiger partial charge on any atom is -0.360 e. The van der Waals surface area contributed by atoms with E-state index < -0.39 is 22.9 Å². The number of nitrogens with zero attached hydrogens (tertiary/aromatic N) is 1. The van der Waals surface area contributed by atoms with Crippen molar-refractivity contribution in [3.8, 4) is 11.3 Å². The average molecular weight is 351 g/mol. The number of anilines is 1. The van der Waals surface area contributed by atoms with Gasteiger partial charge in [0.15, 0.2) is 11.0 Å². The molecule has 2 aromatic heterocycles. The molecule has 0 spiro atoms. The Bertz CT molecular complexity index is 845. The van der Waals surface area contributed by atoms with Crippen LogP contribution in [0.25, 0.3) is 11.3 Å². The summed E-state index contributed by atoms with van der Waals surface area (Å²) in [6.45, 7) is 0. The Morgan fingerprint density at radius 2 is 1.83 bits per heavy atom. The van der Waals surface area contributed by atoms with Crippen molar-refractivity contribution in [3.05, 3.63) is 66.6 Å². The summed E-state index contributed by atoms with van der Waals surface area (Å²) < 4.78 is 52.3. The van der Waals surface area contributed by atoms with E-state index in [9.17, 15) is 17.4 Å². The highest BCUT2D eigenvalue weighted by Gasteiger charge is 2.32. The highest BCUT2D eigenvalue weighted by atomic mass is 32.2. The number of hydrogen-bond donors (Lipinski definition) is 2. The smallest absolute Gasteiger partial charge is 0.360 e. The first-order valence-corrected chi connectivity index (χ1v) is 8.04. The molecule has 2 N–H and O–H groups in total. The van der Waals surface area contributed by atoms with Gasteiger partial charge in [-0.3, -0.25) is 4.72 Å². The maximum absolute atomic E-state index is 12.5. The third kappa shape index (κ3) is 3.65. The molecule has 0 aliphatic rings. The van der Waals surface area contributed by atoms with Crippen LogP contribution in [0.2, 0.25) is 0 Å². The molecule has 1 atom stereocenters. The van der Waals surface area contributed by atoms with E-state index in [1.165, 1.54) is 6.07 Å². The number of aromatic nitrogens is 2. The molecule has 24 heavy (non-hydrogen) atoms. The Morgan fingerprint density at radius 3 is 2.46 bits per heavy atom. The zero-order valence-corrected chi connectivity index (χ0v) is 13.0. The number of H-pyrrole nitrogens is 1. The first kappa shape index (κ1) is 16.3. The lowest BCUT2D eigenvalue weighted by atomic mass is 10.2. The van der Waals surface area contributed by atoms with Crippen molar-refractivity contribution in [1.82, 2.24) is 9.97 Å². The first-order chi connectivity index (χ1) is 11.4.